The van der Waals surface area contributed by atoms with Crippen LogP contribution in [0.3, 0.4) is 0 Å². The molecule has 0 bridgehead atoms. The fraction of sp³-hybridized carbons (Fsp3) is 0.0417. The van der Waals surface area contributed by atoms with E-state index in [1.807, 2.05) is 13.0 Å². The van der Waals surface area contributed by atoms with Gasteiger partial charge in [-0.1, -0.05) is 12.1 Å². The van der Waals surface area contributed by atoms with Gasteiger partial charge in [0.2, 0.25) is 5.78 Å². The maximum absolute atomic E-state index is 14.7. The summed E-state index contributed by atoms with van der Waals surface area (Å²) in [4.78, 5) is 28.0. The van der Waals surface area contributed by atoms with Crippen molar-refractivity contribution in [1.82, 2.24) is 4.57 Å². The van der Waals surface area contributed by atoms with E-state index in [0.717, 1.165) is 43.9 Å². The van der Waals surface area contributed by atoms with Crippen molar-refractivity contribution in [2.24, 2.45) is 0 Å². The zero-order valence-corrected chi connectivity index (χ0v) is 18.6. The standard InChI is InChI=1S/C24H13F3N2O2S2/c1-13-6-8-15(32-13)11-21-23(31)29(20-9-7-14(25)10-19(20)27)24(33-21)17(12-28)22(30)16-4-2-3-5-18(16)26/h2-11H,1H3. The third-order valence-corrected chi connectivity index (χ3v) is 6.72. The van der Waals surface area contributed by atoms with Gasteiger partial charge in [0.15, 0.2) is 0 Å². The molecule has 0 atom stereocenters. The molecule has 2 aromatic carbocycles. The summed E-state index contributed by atoms with van der Waals surface area (Å²) in [5.74, 6) is -3.69. The number of ketones is 1. The van der Waals surface area contributed by atoms with Crippen LogP contribution in [0.25, 0.3) is 17.3 Å². The Hall–Kier alpha value is -3.74. The summed E-state index contributed by atoms with van der Waals surface area (Å²) in [6, 6.07) is 13.1. The van der Waals surface area contributed by atoms with E-state index in [0.29, 0.717) is 6.07 Å². The van der Waals surface area contributed by atoms with Crippen molar-refractivity contribution in [3.63, 3.8) is 0 Å². The first-order chi connectivity index (χ1) is 15.8. The first kappa shape index (κ1) is 22.5. The second kappa shape index (κ2) is 9.02. The van der Waals surface area contributed by atoms with Crippen LogP contribution in [0.5, 0.6) is 0 Å². The van der Waals surface area contributed by atoms with Crippen LogP contribution in [0.2, 0.25) is 0 Å². The van der Waals surface area contributed by atoms with Crippen molar-refractivity contribution in [1.29, 1.82) is 5.26 Å². The Morgan fingerprint density at radius 2 is 1.79 bits per heavy atom. The molecule has 0 fully saturated rings. The molecule has 0 aliphatic carbocycles. The largest absolute Gasteiger partial charge is 0.288 e. The molecular weight excluding hydrogens is 469 g/mol. The summed E-state index contributed by atoms with van der Waals surface area (Å²) < 4.78 is 43.2. The Morgan fingerprint density at radius 1 is 1.03 bits per heavy atom. The highest BCUT2D eigenvalue weighted by Crippen LogP contribution is 2.17. The molecule has 2 heterocycles. The molecule has 4 nitrogen and oxygen atoms in total. The van der Waals surface area contributed by atoms with E-state index in [-0.39, 0.29) is 20.4 Å². The van der Waals surface area contributed by atoms with Crippen LogP contribution >= 0.6 is 22.7 Å². The maximum atomic E-state index is 14.7. The van der Waals surface area contributed by atoms with Gasteiger partial charge in [-0.2, -0.15) is 5.26 Å². The summed E-state index contributed by atoms with van der Waals surface area (Å²) >= 11 is 2.22. The lowest BCUT2D eigenvalue weighted by molar-refractivity contribution is 0.105. The summed E-state index contributed by atoms with van der Waals surface area (Å²) in [5, 5.41) is 9.78. The van der Waals surface area contributed by atoms with Gasteiger partial charge in [-0.3, -0.25) is 14.2 Å². The van der Waals surface area contributed by atoms with Gasteiger partial charge in [-0.05, 0) is 49.4 Å². The first-order valence-electron chi connectivity index (χ1n) is 9.49. The van der Waals surface area contributed by atoms with Crippen LogP contribution in [-0.4, -0.2) is 10.4 Å². The smallest absolute Gasteiger partial charge is 0.273 e. The average molecular weight is 483 g/mol. The highest BCUT2D eigenvalue weighted by Gasteiger charge is 2.22. The highest BCUT2D eigenvalue weighted by molar-refractivity contribution is 7.13. The monoisotopic (exact) mass is 482 g/mol. The van der Waals surface area contributed by atoms with Crippen LogP contribution in [-0.2, 0) is 0 Å². The van der Waals surface area contributed by atoms with Crippen molar-refractivity contribution in [3.05, 3.63) is 107 Å². The van der Waals surface area contributed by atoms with E-state index < -0.39 is 34.4 Å². The zero-order valence-electron chi connectivity index (χ0n) is 16.9. The van der Waals surface area contributed by atoms with Crippen molar-refractivity contribution in [3.8, 4) is 11.8 Å². The SMILES string of the molecule is Cc1ccc(C=c2sc(=C(C#N)C(=O)c3ccccc3F)n(-c3ccc(F)cc3F)c2=O)s1. The molecule has 0 saturated heterocycles. The second-order valence-corrected chi connectivity index (χ2v) is 9.25. The summed E-state index contributed by atoms with van der Waals surface area (Å²) in [6.45, 7) is 1.89. The zero-order chi connectivity index (χ0) is 23.7. The number of hydrogen-bond acceptors (Lipinski definition) is 5. The highest BCUT2D eigenvalue weighted by atomic mass is 32.1. The molecular formula is C24H13F3N2O2S2. The number of thiophene rings is 1. The summed E-state index contributed by atoms with van der Waals surface area (Å²) in [7, 11) is 0. The number of thiazole rings is 1. The maximum Gasteiger partial charge on any atom is 0.273 e. The van der Waals surface area contributed by atoms with E-state index >= 15 is 0 Å². The average Bonchev–Trinajstić information content (AvgIpc) is 3.32. The summed E-state index contributed by atoms with van der Waals surface area (Å²) in [6.07, 6.45) is 1.56. The minimum absolute atomic E-state index is 0.129. The number of aromatic nitrogens is 1. The van der Waals surface area contributed by atoms with Crippen molar-refractivity contribution < 1.29 is 18.0 Å². The number of carbonyl (C=O) groups is 1. The number of aryl methyl sites for hydroxylation is 1. The van der Waals surface area contributed by atoms with E-state index in [9.17, 15) is 28.0 Å². The minimum Gasteiger partial charge on any atom is -0.288 e. The van der Waals surface area contributed by atoms with E-state index in [1.165, 1.54) is 29.5 Å². The van der Waals surface area contributed by atoms with Crippen LogP contribution < -0.4 is 14.8 Å². The fourth-order valence-corrected chi connectivity index (χ4v) is 5.15. The first-order valence-corrected chi connectivity index (χ1v) is 11.1. The number of Topliss-reactive ketones (excluding diaryl/α,β-unsaturated/α-hetero) is 1. The molecule has 0 aliphatic rings. The van der Waals surface area contributed by atoms with Gasteiger partial charge in [0.05, 0.1) is 15.8 Å². The number of halogens is 3. The molecule has 33 heavy (non-hydrogen) atoms. The third-order valence-electron chi connectivity index (χ3n) is 4.68. The molecule has 0 aliphatic heterocycles. The van der Waals surface area contributed by atoms with Gasteiger partial charge in [-0.25, -0.2) is 13.2 Å². The lowest BCUT2D eigenvalue weighted by atomic mass is 10.0. The number of hydrogen-bond donors (Lipinski definition) is 0. The van der Waals surface area contributed by atoms with Crippen LogP contribution in [0.15, 0.2) is 59.4 Å². The Labute approximate surface area is 193 Å². The van der Waals surface area contributed by atoms with Crippen LogP contribution in [0, 0.1) is 35.7 Å². The predicted octanol–water partition coefficient (Wildman–Crippen LogP) is 4.07. The summed E-state index contributed by atoms with van der Waals surface area (Å²) in [5.41, 5.74) is -1.92. The van der Waals surface area contributed by atoms with Gasteiger partial charge >= 0.3 is 0 Å². The van der Waals surface area contributed by atoms with E-state index in [4.69, 9.17) is 0 Å². The van der Waals surface area contributed by atoms with E-state index in [2.05, 4.69) is 0 Å². The van der Waals surface area contributed by atoms with Crippen LogP contribution in [0.1, 0.15) is 20.1 Å². The van der Waals surface area contributed by atoms with Gasteiger partial charge in [0, 0.05) is 15.8 Å². The Kier molecular flexibility index (Phi) is 6.14. The number of nitrogens with zero attached hydrogens (tertiary/aromatic N) is 2. The lowest BCUT2D eigenvalue weighted by Gasteiger charge is -2.06. The normalized spacial score (nSPS) is 12.5. The quantitative estimate of drug-likeness (QED) is 0.412. The Bertz CT molecular complexity index is 1620. The molecule has 0 saturated carbocycles. The fourth-order valence-electron chi connectivity index (χ4n) is 3.17. The van der Waals surface area contributed by atoms with Crippen molar-refractivity contribution in [2.75, 3.05) is 0 Å². The van der Waals surface area contributed by atoms with Gasteiger partial charge < -0.3 is 0 Å². The number of rotatable bonds is 4. The third kappa shape index (κ3) is 4.31. The van der Waals surface area contributed by atoms with Crippen molar-refractivity contribution >= 4 is 40.1 Å². The minimum atomic E-state index is -1.05. The Balaban J connectivity index is 2.10. The molecule has 4 rings (SSSR count). The molecule has 0 radical (unpaired) electrons. The van der Waals surface area contributed by atoms with Gasteiger partial charge in [-0.15, -0.1) is 22.7 Å². The number of nitriles is 1. The molecule has 2 aromatic heterocycles. The van der Waals surface area contributed by atoms with E-state index in [1.54, 1.807) is 18.2 Å². The molecule has 0 N–H and O–H groups in total. The van der Waals surface area contributed by atoms with Gasteiger partial charge in [0.25, 0.3) is 5.56 Å². The lowest BCUT2D eigenvalue weighted by Crippen LogP contribution is -2.32. The molecule has 9 heteroatoms. The van der Waals surface area contributed by atoms with Gasteiger partial charge in [0.1, 0.15) is 33.8 Å². The number of benzene rings is 2. The molecule has 0 amide bonds. The second-order valence-electron chi connectivity index (χ2n) is 6.90. The molecule has 0 spiro atoms. The molecule has 164 valence electrons. The van der Waals surface area contributed by atoms with Crippen molar-refractivity contribution in [2.45, 2.75) is 6.92 Å². The van der Waals surface area contributed by atoms with Crippen LogP contribution in [0.4, 0.5) is 13.2 Å². The number of carbonyl (C=O) groups excluding carboxylic acids is 1. The Morgan fingerprint density at radius 3 is 2.42 bits per heavy atom. The molecule has 4 aromatic rings. The molecule has 0 unspecified atom stereocenters. The predicted molar refractivity (Wildman–Crippen MR) is 121 cm³/mol. The topological polar surface area (TPSA) is 62.9 Å².